The third-order valence-corrected chi connectivity index (χ3v) is 1.07. The van der Waals surface area contributed by atoms with Crippen LogP contribution in [-0.4, -0.2) is 10.9 Å². The minimum atomic E-state index is -0.303. The standard InChI is InChI=1S/C6H7N3O.CN.Fe/c7-9-6(10)5-1-3-8-4-2-5;1-2;/h1-4H,7H2,(H,9,10);;/q;-1;+2. The summed E-state index contributed by atoms with van der Waals surface area (Å²) in [6.07, 6.45) is 3.06. The maximum Gasteiger partial charge on any atom is 2.00 e. The van der Waals surface area contributed by atoms with Crippen molar-refractivity contribution in [3.63, 3.8) is 0 Å². The molecule has 0 fully saturated rings. The molecule has 68 valence electrons. The molecule has 0 unspecified atom stereocenters. The topological polar surface area (TPSA) is 91.8 Å². The van der Waals surface area contributed by atoms with Crippen molar-refractivity contribution in [3.05, 3.63) is 36.7 Å². The van der Waals surface area contributed by atoms with E-state index in [4.69, 9.17) is 17.7 Å². The number of amides is 1. The van der Waals surface area contributed by atoms with Gasteiger partial charge in [0.05, 0.1) is 0 Å². The molecule has 1 aromatic rings. The zero-order valence-electron chi connectivity index (χ0n) is 6.54. The molecule has 0 saturated carbocycles. The van der Waals surface area contributed by atoms with E-state index in [-0.39, 0.29) is 23.0 Å². The fourth-order valence-electron chi connectivity index (χ4n) is 0.587. The van der Waals surface area contributed by atoms with Gasteiger partial charge >= 0.3 is 17.1 Å². The van der Waals surface area contributed by atoms with Gasteiger partial charge in [0.1, 0.15) is 0 Å². The molecule has 1 heterocycles. The van der Waals surface area contributed by atoms with Crippen LogP contribution in [0.4, 0.5) is 0 Å². The van der Waals surface area contributed by atoms with Crippen molar-refractivity contribution < 1.29 is 21.9 Å². The number of hydrogen-bond donors (Lipinski definition) is 2. The van der Waals surface area contributed by atoms with E-state index in [0.29, 0.717) is 5.56 Å². The normalized spacial score (nSPS) is 7.00. The van der Waals surface area contributed by atoms with Gasteiger partial charge < -0.3 is 11.8 Å². The number of rotatable bonds is 1. The van der Waals surface area contributed by atoms with Gasteiger partial charge in [0.2, 0.25) is 0 Å². The van der Waals surface area contributed by atoms with E-state index >= 15 is 0 Å². The molecule has 1 aromatic heterocycles. The van der Waals surface area contributed by atoms with Crippen LogP contribution in [0.15, 0.2) is 24.5 Å². The molecule has 0 atom stereocenters. The predicted molar refractivity (Wildman–Crippen MR) is 40.9 cm³/mol. The van der Waals surface area contributed by atoms with E-state index < -0.39 is 0 Å². The minimum absolute atomic E-state index is 0. The second-order valence-corrected chi connectivity index (χ2v) is 1.71. The third-order valence-electron chi connectivity index (χ3n) is 1.07. The Hall–Kier alpha value is -1.41. The number of aromatic nitrogens is 1. The van der Waals surface area contributed by atoms with Crippen molar-refractivity contribution in [2.45, 2.75) is 0 Å². The number of nitrogens with zero attached hydrogens (tertiary/aromatic N) is 2. The van der Waals surface area contributed by atoms with Gasteiger partial charge in [-0.1, -0.05) is 0 Å². The van der Waals surface area contributed by atoms with Gasteiger partial charge in [-0.25, -0.2) is 5.84 Å². The van der Waals surface area contributed by atoms with Crippen LogP contribution < -0.4 is 11.3 Å². The van der Waals surface area contributed by atoms with Crippen LogP contribution in [0.2, 0.25) is 0 Å². The summed E-state index contributed by atoms with van der Waals surface area (Å²) < 4.78 is 0. The summed E-state index contributed by atoms with van der Waals surface area (Å²) in [5, 5.41) is 6.25. The average molecular weight is 219 g/mol. The second-order valence-electron chi connectivity index (χ2n) is 1.71. The molecule has 0 aliphatic heterocycles. The summed E-state index contributed by atoms with van der Waals surface area (Å²) in [6.45, 7) is 4.75. The fraction of sp³-hybridized carbons (Fsp3) is 0. The predicted octanol–water partition coefficient (Wildman–Crippen LogP) is -0.221. The number of carbonyl (C=O) groups is 1. The molecule has 13 heavy (non-hydrogen) atoms. The summed E-state index contributed by atoms with van der Waals surface area (Å²) in [5.74, 6) is 4.58. The summed E-state index contributed by atoms with van der Waals surface area (Å²) in [4.78, 5) is 14.5. The minimum Gasteiger partial charge on any atom is -0.512 e. The van der Waals surface area contributed by atoms with Gasteiger partial charge in [0, 0.05) is 18.0 Å². The Labute approximate surface area is 86.4 Å². The summed E-state index contributed by atoms with van der Waals surface area (Å²) in [6, 6.07) is 3.17. The van der Waals surface area contributed by atoms with Gasteiger partial charge in [0.15, 0.2) is 0 Å². The molecule has 0 aliphatic rings. The monoisotopic (exact) mass is 219 g/mol. The van der Waals surface area contributed by atoms with Crippen LogP contribution in [0.3, 0.4) is 0 Å². The van der Waals surface area contributed by atoms with Crippen LogP contribution in [0.1, 0.15) is 10.4 Å². The van der Waals surface area contributed by atoms with Gasteiger partial charge in [-0.2, -0.15) is 0 Å². The third kappa shape index (κ3) is 4.93. The summed E-state index contributed by atoms with van der Waals surface area (Å²) in [5.41, 5.74) is 2.53. The van der Waals surface area contributed by atoms with Crippen molar-refractivity contribution in [3.8, 4) is 0 Å². The van der Waals surface area contributed by atoms with Gasteiger partial charge in [-0.15, -0.1) is 0 Å². The Kier molecular flexibility index (Phi) is 9.44. The number of nitrogen functional groups attached to an aromatic ring is 1. The quantitative estimate of drug-likeness (QED) is 0.224. The number of carbonyl (C=O) groups excluding carboxylic acids is 1. The Bertz CT molecular complexity index is 262. The Morgan fingerprint density at radius 1 is 1.46 bits per heavy atom. The van der Waals surface area contributed by atoms with E-state index in [2.05, 4.69) is 4.98 Å². The van der Waals surface area contributed by atoms with E-state index in [0.717, 1.165) is 0 Å². The molecule has 0 spiro atoms. The summed E-state index contributed by atoms with van der Waals surface area (Å²) >= 11 is 0. The molecule has 0 bridgehead atoms. The van der Waals surface area contributed by atoms with Crippen molar-refractivity contribution in [1.82, 2.24) is 10.4 Å². The Morgan fingerprint density at radius 2 is 1.92 bits per heavy atom. The van der Waals surface area contributed by atoms with E-state index in [1.54, 1.807) is 12.1 Å². The average Bonchev–Trinajstić information content (AvgIpc) is 2.21. The molecule has 1 rings (SSSR count). The molecule has 0 aliphatic carbocycles. The van der Waals surface area contributed by atoms with Crippen molar-refractivity contribution in [1.29, 1.82) is 5.26 Å². The number of nitrogens with one attached hydrogen (secondary N) is 1. The number of pyridine rings is 1. The molecule has 0 aromatic carbocycles. The number of nitrogens with two attached hydrogens (primary N) is 1. The molecule has 0 radical (unpaired) electrons. The van der Waals surface area contributed by atoms with E-state index in [1.165, 1.54) is 12.4 Å². The van der Waals surface area contributed by atoms with Gasteiger partial charge in [-0.3, -0.25) is 15.2 Å². The van der Waals surface area contributed by atoms with E-state index in [1.807, 2.05) is 5.43 Å². The molecule has 6 heteroatoms. The molecule has 0 saturated heterocycles. The van der Waals surface area contributed by atoms with Crippen molar-refractivity contribution >= 4 is 5.91 Å². The van der Waals surface area contributed by atoms with Gasteiger partial charge in [0.25, 0.3) is 5.91 Å². The maximum atomic E-state index is 10.7. The zero-order chi connectivity index (χ0) is 9.40. The largest absolute Gasteiger partial charge is 2.00 e. The fourth-order valence-corrected chi connectivity index (χ4v) is 0.587. The molecule has 5 nitrogen and oxygen atoms in total. The van der Waals surface area contributed by atoms with Gasteiger partial charge in [-0.05, 0) is 12.1 Å². The molecule has 1 amide bonds. The molecule has 3 N–H and O–H groups in total. The first-order valence-corrected chi connectivity index (χ1v) is 2.98. The number of hydrazine groups is 1. The zero-order valence-corrected chi connectivity index (χ0v) is 7.65. The first-order chi connectivity index (χ1) is 5.84. The van der Waals surface area contributed by atoms with Crippen LogP contribution in [0.25, 0.3) is 0 Å². The number of hydrogen-bond acceptors (Lipinski definition) is 4. The first-order valence-electron chi connectivity index (χ1n) is 2.98. The summed E-state index contributed by atoms with van der Waals surface area (Å²) in [7, 11) is 0. The molecular weight excluding hydrogens is 212 g/mol. The van der Waals surface area contributed by atoms with Crippen LogP contribution in [0.5, 0.6) is 0 Å². The molecular formula is C7H7FeN4O+. The van der Waals surface area contributed by atoms with Crippen LogP contribution >= 0.6 is 0 Å². The second kappa shape index (κ2) is 8.68. The van der Waals surface area contributed by atoms with Crippen molar-refractivity contribution in [2.75, 3.05) is 0 Å². The van der Waals surface area contributed by atoms with Crippen LogP contribution in [-0.2, 0) is 17.1 Å². The Balaban J connectivity index is 0. The maximum absolute atomic E-state index is 10.7. The van der Waals surface area contributed by atoms with Crippen LogP contribution in [0, 0.1) is 11.8 Å². The SMILES string of the molecule is NNC(=O)c1ccncc1.[C-]#N.[Fe+2]. The Morgan fingerprint density at radius 3 is 2.31 bits per heavy atom. The van der Waals surface area contributed by atoms with Crippen molar-refractivity contribution in [2.24, 2.45) is 5.84 Å². The first kappa shape index (κ1) is 14.1. The smallest absolute Gasteiger partial charge is 0.512 e. The van der Waals surface area contributed by atoms with E-state index in [9.17, 15) is 4.79 Å².